The molecule has 3 heterocycles. The summed E-state index contributed by atoms with van der Waals surface area (Å²) in [4.78, 5) is 4.47. The van der Waals surface area contributed by atoms with Gasteiger partial charge in [0.05, 0.1) is 5.25 Å². The normalized spacial score (nSPS) is 16.6. The van der Waals surface area contributed by atoms with Crippen molar-refractivity contribution < 1.29 is 14.0 Å². The lowest BCUT2D eigenvalue weighted by molar-refractivity contribution is 0.0821. The van der Waals surface area contributed by atoms with Crippen LogP contribution in [0.5, 0.6) is 11.5 Å². The molecular weight excluding hydrogens is 390 g/mol. The van der Waals surface area contributed by atoms with Gasteiger partial charge < -0.3 is 14.0 Å². The minimum absolute atomic E-state index is 0.0574. The number of nitrogens with zero attached hydrogens (tertiary/aromatic N) is 5. The first kappa shape index (κ1) is 19.5. The lowest BCUT2D eigenvalue weighted by atomic mass is 10.2. The number of hydrogen-bond acceptors (Lipinski definition) is 8. The Labute approximate surface area is 173 Å². The van der Waals surface area contributed by atoms with Gasteiger partial charge in [-0.25, -0.2) is 0 Å². The Kier molecular flexibility index (Phi) is 5.84. The minimum atomic E-state index is -0.346. The Morgan fingerprint density at radius 2 is 2.14 bits per heavy atom. The molecule has 8 nitrogen and oxygen atoms in total. The molecule has 0 bridgehead atoms. The van der Waals surface area contributed by atoms with E-state index in [0.29, 0.717) is 30.6 Å². The number of fused-ring (bicyclic) bond motifs is 1. The van der Waals surface area contributed by atoms with E-state index >= 15 is 0 Å². The van der Waals surface area contributed by atoms with Gasteiger partial charge in [0.25, 0.3) is 0 Å². The summed E-state index contributed by atoms with van der Waals surface area (Å²) in [6, 6.07) is 7.61. The van der Waals surface area contributed by atoms with Gasteiger partial charge in [0.2, 0.25) is 5.89 Å². The molecule has 0 fully saturated rings. The third-order valence-electron chi connectivity index (χ3n) is 4.44. The van der Waals surface area contributed by atoms with Crippen molar-refractivity contribution in [1.29, 1.82) is 0 Å². The van der Waals surface area contributed by atoms with Gasteiger partial charge in [-0.2, -0.15) is 4.98 Å². The highest BCUT2D eigenvalue weighted by atomic mass is 32.2. The van der Waals surface area contributed by atoms with Gasteiger partial charge >= 0.3 is 0 Å². The van der Waals surface area contributed by atoms with Gasteiger partial charge in [-0.1, -0.05) is 42.1 Å². The summed E-state index contributed by atoms with van der Waals surface area (Å²) in [7, 11) is 0. The van der Waals surface area contributed by atoms with Gasteiger partial charge in [0.1, 0.15) is 6.61 Å². The summed E-state index contributed by atoms with van der Waals surface area (Å²) in [6.45, 7) is 8.89. The molecule has 2 atom stereocenters. The quantitative estimate of drug-likeness (QED) is 0.402. The lowest BCUT2D eigenvalue weighted by Gasteiger charge is -2.26. The molecule has 0 saturated carbocycles. The fourth-order valence-electron chi connectivity index (χ4n) is 3.04. The number of ether oxygens (including phenoxy) is 2. The average Bonchev–Trinajstić information content (AvgIpc) is 3.36. The number of allylic oxidation sites excluding steroid dienone is 1. The van der Waals surface area contributed by atoms with Crippen LogP contribution in [0.4, 0.5) is 0 Å². The largest absolute Gasteiger partial charge is 0.485 e. The van der Waals surface area contributed by atoms with Gasteiger partial charge in [-0.15, -0.1) is 16.8 Å². The van der Waals surface area contributed by atoms with Crippen molar-refractivity contribution >= 4 is 11.8 Å². The summed E-state index contributed by atoms with van der Waals surface area (Å²) < 4.78 is 19.3. The standard InChI is InChI=1S/C20H23N5O3S/c1-4-8-17-21-19(28-24-17)13(3)29-20-23-22-18(25(20)11-5-2)16-12-26-14-9-6-7-10-15(14)27-16/h5-7,9-10,13,16H,2,4,8,11-12H2,1,3H3/t13-,16+/m1/s1. The molecule has 9 heteroatoms. The number of thioether (sulfide) groups is 1. The van der Waals surface area contributed by atoms with Gasteiger partial charge in [0, 0.05) is 13.0 Å². The van der Waals surface area contributed by atoms with Crippen molar-refractivity contribution in [3.05, 3.63) is 54.5 Å². The second-order valence-corrected chi connectivity index (χ2v) is 7.97. The van der Waals surface area contributed by atoms with Crippen LogP contribution in [-0.2, 0) is 13.0 Å². The fourth-order valence-corrected chi connectivity index (χ4v) is 3.94. The van der Waals surface area contributed by atoms with Gasteiger partial charge in [-0.3, -0.25) is 4.57 Å². The van der Waals surface area contributed by atoms with Gasteiger partial charge in [-0.05, 0) is 25.5 Å². The maximum absolute atomic E-state index is 6.11. The summed E-state index contributed by atoms with van der Waals surface area (Å²) in [5.74, 6) is 3.45. The molecule has 0 N–H and O–H groups in total. The molecule has 1 aromatic carbocycles. The first-order chi connectivity index (χ1) is 14.2. The first-order valence-electron chi connectivity index (χ1n) is 9.61. The van der Waals surface area contributed by atoms with Crippen LogP contribution in [0.25, 0.3) is 0 Å². The smallest absolute Gasteiger partial charge is 0.239 e. The Morgan fingerprint density at radius 3 is 2.93 bits per heavy atom. The molecule has 0 amide bonds. The molecule has 0 radical (unpaired) electrons. The third-order valence-corrected chi connectivity index (χ3v) is 5.51. The van der Waals surface area contributed by atoms with Crippen LogP contribution >= 0.6 is 11.8 Å². The predicted molar refractivity (Wildman–Crippen MR) is 108 cm³/mol. The fraction of sp³-hybridized carbons (Fsp3) is 0.400. The molecule has 152 valence electrons. The van der Waals surface area contributed by atoms with E-state index in [4.69, 9.17) is 14.0 Å². The van der Waals surface area contributed by atoms with E-state index < -0.39 is 0 Å². The van der Waals surface area contributed by atoms with E-state index in [2.05, 4.69) is 33.8 Å². The molecule has 0 saturated heterocycles. The Morgan fingerprint density at radius 1 is 1.31 bits per heavy atom. The van der Waals surface area contributed by atoms with Crippen molar-refractivity contribution in [3.8, 4) is 11.5 Å². The number of para-hydroxylation sites is 2. The number of aryl methyl sites for hydroxylation is 1. The number of aromatic nitrogens is 5. The monoisotopic (exact) mass is 413 g/mol. The topological polar surface area (TPSA) is 88.1 Å². The molecule has 2 aromatic heterocycles. The molecule has 0 spiro atoms. The number of benzene rings is 1. The molecule has 29 heavy (non-hydrogen) atoms. The Balaban J connectivity index is 1.54. The molecule has 0 unspecified atom stereocenters. The van der Waals surface area contributed by atoms with Crippen molar-refractivity contribution in [1.82, 2.24) is 24.9 Å². The number of hydrogen-bond donors (Lipinski definition) is 0. The SMILES string of the molecule is C=CCn1c(S[C@H](C)c2nc(CCC)no2)nnc1[C@@H]1COc2ccccc2O1. The second kappa shape index (κ2) is 8.69. The Bertz CT molecular complexity index is 986. The van der Waals surface area contributed by atoms with E-state index in [0.717, 1.165) is 29.6 Å². The molecule has 3 aromatic rings. The highest BCUT2D eigenvalue weighted by Gasteiger charge is 2.29. The second-order valence-electron chi connectivity index (χ2n) is 6.66. The van der Waals surface area contributed by atoms with Crippen LogP contribution in [-0.4, -0.2) is 31.5 Å². The highest BCUT2D eigenvalue weighted by molar-refractivity contribution is 7.99. The number of rotatable bonds is 8. The van der Waals surface area contributed by atoms with Crippen LogP contribution in [0.2, 0.25) is 0 Å². The first-order valence-corrected chi connectivity index (χ1v) is 10.5. The third kappa shape index (κ3) is 4.14. The highest BCUT2D eigenvalue weighted by Crippen LogP contribution is 2.38. The summed E-state index contributed by atoms with van der Waals surface area (Å²) >= 11 is 1.51. The van der Waals surface area contributed by atoms with Crippen molar-refractivity contribution in [3.63, 3.8) is 0 Å². The maximum Gasteiger partial charge on any atom is 0.239 e. The van der Waals surface area contributed by atoms with E-state index in [-0.39, 0.29) is 11.4 Å². The Hall–Kier alpha value is -2.81. The van der Waals surface area contributed by atoms with Crippen LogP contribution in [0.3, 0.4) is 0 Å². The zero-order valence-corrected chi connectivity index (χ0v) is 17.3. The van der Waals surface area contributed by atoms with E-state index in [1.807, 2.05) is 41.8 Å². The summed E-state index contributed by atoms with van der Waals surface area (Å²) in [5.41, 5.74) is 0. The van der Waals surface area contributed by atoms with Crippen LogP contribution < -0.4 is 9.47 Å². The van der Waals surface area contributed by atoms with E-state index in [9.17, 15) is 0 Å². The van der Waals surface area contributed by atoms with Crippen molar-refractivity contribution in [2.45, 2.75) is 49.7 Å². The van der Waals surface area contributed by atoms with Crippen molar-refractivity contribution in [2.24, 2.45) is 0 Å². The average molecular weight is 414 g/mol. The van der Waals surface area contributed by atoms with E-state index in [1.165, 1.54) is 11.8 Å². The van der Waals surface area contributed by atoms with Crippen LogP contribution in [0.15, 0.2) is 46.6 Å². The lowest BCUT2D eigenvalue weighted by Crippen LogP contribution is -2.25. The van der Waals surface area contributed by atoms with Crippen LogP contribution in [0, 0.1) is 0 Å². The zero-order valence-electron chi connectivity index (χ0n) is 16.4. The summed E-state index contributed by atoms with van der Waals surface area (Å²) in [6.07, 6.45) is 3.25. The molecular formula is C20H23N5O3S. The minimum Gasteiger partial charge on any atom is -0.485 e. The molecule has 1 aliphatic rings. The van der Waals surface area contributed by atoms with E-state index in [1.54, 1.807) is 0 Å². The molecule has 4 rings (SSSR count). The van der Waals surface area contributed by atoms with Crippen LogP contribution in [0.1, 0.15) is 49.2 Å². The predicted octanol–water partition coefficient (Wildman–Crippen LogP) is 4.17. The molecule has 1 aliphatic heterocycles. The zero-order chi connectivity index (χ0) is 20.2. The maximum atomic E-state index is 6.11. The molecule has 0 aliphatic carbocycles. The van der Waals surface area contributed by atoms with Crippen molar-refractivity contribution in [2.75, 3.05) is 6.61 Å². The summed E-state index contributed by atoms with van der Waals surface area (Å²) in [5, 5.41) is 13.5. The van der Waals surface area contributed by atoms with Gasteiger partial charge in [0.15, 0.2) is 34.4 Å².